The minimum Gasteiger partial charge on any atom is -0.395 e. The van der Waals surface area contributed by atoms with Crippen LogP contribution in [0.4, 0.5) is 5.82 Å². The lowest BCUT2D eigenvalue weighted by Gasteiger charge is -2.16. The molecule has 17 heavy (non-hydrogen) atoms. The highest BCUT2D eigenvalue weighted by Crippen LogP contribution is 2.08. The second-order valence-electron chi connectivity index (χ2n) is 4.16. The molecule has 0 aliphatic rings. The molecule has 2 N–H and O–H groups in total. The smallest absolute Gasteiger partial charge is 0.272 e. The van der Waals surface area contributed by atoms with Crippen LogP contribution in [-0.4, -0.2) is 47.1 Å². The van der Waals surface area contributed by atoms with Crippen molar-refractivity contribution in [2.75, 3.05) is 25.5 Å². The number of carbonyl (C=O) groups excluding carboxylic acids is 1. The number of pyridine rings is 1. The molecule has 5 nitrogen and oxygen atoms in total. The van der Waals surface area contributed by atoms with Gasteiger partial charge in [-0.05, 0) is 26.0 Å². The summed E-state index contributed by atoms with van der Waals surface area (Å²) in [6.07, 6.45) is 0. The standard InChI is InChI=1S/C12H19N3O2/c1-9(2)13-11-6-4-5-10(14-11)12(17)15(3)7-8-16/h4-6,9,16H,7-8H2,1-3H3,(H,13,14). The largest absolute Gasteiger partial charge is 0.395 e. The molecule has 0 fully saturated rings. The highest BCUT2D eigenvalue weighted by molar-refractivity contribution is 5.92. The molecule has 1 aromatic rings. The molecule has 1 rings (SSSR count). The van der Waals surface area contributed by atoms with Crippen molar-refractivity contribution in [3.8, 4) is 0 Å². The minimum atomic E-state index is -0.188. The Balaban J connectivity index is 2.80. The summed E-state index contributed by atoms with van der Waals surface area (Å²) in [5, 5.41) is 11.9. The van der Waals surface area contributed by atoms with E-state index in [1.807, 2.05) is 19.9 Å². The maximum Gasteiger partial charge on any atom is 0.272 e. The summed E-state index contributed by atoms with van der Waals surface area (Å²) in [5.74, 6) is 0.495. The number of nitrogens with one attached hydrogen (secondary N) is 1. The van der Waals surface area contributed by atoms with Crippen molar-refractivity contribution in [2.45, 2.75) is 19.9 Å². The molecule has 1 amide bonds. The van der Waals surface area contributed by atoms with Crippen LogP contribution in [-0.2, 0) is 0 Å². The van der Waals surface area contributed by atoms with Gasteiger partial charge >= 0.3 is 0 Å². The quantitative estimate of drug-likeness (QED) is 0.800. The lowest BCUT2D eigenvalue weighted by atomic mass is 10.3. The van der Waals surface area contributed by atoms with E-state index >= 15 is 0 Å². The van der Waals surface area contributed by atoms with Gasteiger partial charge in [0.25, 0.3) is 5.91 Å². The molecule has 94 valence electrons. The molecule has 5 heteroatoms. The van der Waals surface area contributed by atoms with Gasteiger partial charge in [0.15, 0.2) is 0 Å². The van der Waals surface area contributed by atoms with Crippen LogP contribution in [0.25, 0.3) is 0 Å². The van der Waals surface area contributed by atoms with E-state index in [1.54, 1.807) is 19.2 Å². The predicted molar refractivity (Wildman–Crippen MR) is 67.0 cm³/mol. The number of aliphatic hydroxyl groups excluding tert-OH is 1. The number of aromatic nitrogens is 1. The molecule has 0 saturated carbocycles. The van der Waals surface area contributed by atoms with Crippen LogP contribution in [0.1, 0.15) is 24.3 Å². The van der Waals surface area contributed by atoms with Crippen LogP contribution >= 0.6 is 0 Å². The van der Waals surface area contributed by atoms with Gasteiger partial charge in [0.1, 0.15) is 11.5 Å². The SMILES string of the molecule is CC(C)Nc1cccc(C(=O)N(C)CCO)n1. The van der Waals surface area contributed by atoms with Crippen molar-refractivity contribution in [2.24, 2.45) is 0 Å². The Morgan fingerprint density at radius 3 is 2.82 bits per heavy atom. The topological polar surface area (TPSA) is 65.5 Å². The van der Waals surface area contributed by atoms with Gasteiger partial charge in [-0.15, -0.1) is 0 Å². The van der Waals surface area contributed by atoms with E-state index in [0.29, 0.717) is 18.1 Å². The molecule has 1 aromatic heterocycles. The Morgan fingerprint density at radius 2 is 2.24 bits per heavy atom. The molecule has 0 aliphatic heterocycles. The molecule has 1 heterocycles. The number of hydrogen-bond acceptors (Lipinski definition) is 4. The van der Waals surface area contributed by atoms with Gasteiger partial charge in [-0.1, -0.05) is 6.07 Å². The summed E-state index contributed by atoms with van der Waals surface area (Å²) in [6, 6.07) is 5.55. The van der Waals surface area contributed by atoms with Gasteiger partial charge in [-0.3, -0.25) is 4.79 Å². The molecule has 0 unspecified atom stereocenters. The summed E-state index contributed by atoms with van der Waals surface area (Å²) < 4.78 is 0. The molecule has 0 aliphatic carbocycles. The monoisotopic (exact) mass is 237 g/mol. The summed E-state index contributed by atoms with van der Waals surface area (Å²) in [6.45, 7) is 4.27. The average Bonchev–Trinajstić information content (AvgIpc) is 2.28. The normalized spacial score (nSPS) is 10.4. The van der Waals surface area contributed by atoms with Gasteiger partial charge < -0.3 is 15.3 Å². The van der Waals surface area contributed by atoms with Crippen LogP contribution in [0.3, 0.4) is 0 Å². The highest BCUT2D eigenvalue weighted by Gasteiger charge is 2.12. The average molecular weight is 237 g/mol. The van der Waals surface area contributed by atoms with Gasteiger partial charge in [0, 0.05) is 19.6 Å². The third kappa shape index (κ3) is 4.03. The van der Waals surface area contributed by atoms with Crippen LogP contribution in [0.5, 0.6) is 0 Å². The zero-order chi connectivity index (χ0) is 12.8. The van der Waals surface area contributed by atoms with Crippen molar-refractivity contribution in [1.82, 2.24) is 9.88 Å². The Kier molecular flexibility index (Phi) is 4.90. The highest BCUT2D eigenvalue weighted by atomic mass is 16.3. The molecular weight excluding hydrogens is 218 g/mol. The molecule has 0 spiro atoms. The molecule has 0 atom stereocenters. The van der Waals surface area contributed by atoms with Gasteiger partial charge in [-0.25, -0.2) is 4.98 Å². The van der Waals surface area contributed by atoms with Crippen molar-refractivity contribution < 1.29 is 9.90 Å². The zero-order valence-electron chi connectivity index (χ0n) is 10.5. The minimum absolute atomic E-state index is 0.0494. The first-order valence-corrected chi connectivity index (χ1v) is 5.64. The lowest BCUT2D eigenvalue weighted by molar-refractivity contribution is 0.0761. The first-order chi connectivity index (χ1) is 8.04. The number of aliphatic hydroxyl groups is 1. The molecular formula is C12H19N3O2. The van der Waals surface area contributed by atoms with Crippen molar-refractivity contribution in [1.29, 1.82) is 0 Å². The zero-order valence-corrected chi connectivity index (χ0v) is 10.5. The molecule has 0 radical (unpaired) electrons. The maximum absolute atomic E-state index is 11.9. The summed E-state index contributed by atoms with van der Waals surface area (Å²) in [7, 11) is 1.64. The Bertz CT molecular complexity index is 380. The fourth-order valence-electron chi connectivity index (χ4n) is 1.38. The number of hydrogen-bond donors (Lipinski definition) is 2. The molecule has 0 aromatic carbocycles. The Labute approximate surface area is 101 Å². The van der Waals surface area contributed by atoms with Gasteiger partial charge in [0.05, 0.1) is 6.61 Å². The number of nitrogens with zero attached hydrogens (tertiary/aromatic N) is 2. The number of amides is 1. The second-order valence-corrected chi connectivity index (χ2v) is 4.16. The fraction of sp³-hybridized carbons (Fsp3) is 0.500. The number of carbonyl (C=O) groups is 1. The molecule has 0 bridgehead atoms. The maximum atomic E-state index is 11.9. The van der Waals surface area contributed by atoms with E-state index in [2.05, 4.69) is 10.3 Å². The van der Waals surface area contributed by atoms with E-state index in [1.165, 1.54) is 4.90 Å². The number of likely N-dealkylation sites (N-methyl/N-ethyl adjacent to an activating group) is 1. The van der Waals surface area contributed by atoms with E-state index in [4.69, 9.17) is 5.11 Å². The fourth-order valence-corrected chi connectivity index (χ4v) is 1.38. The van der Waals surface area contributed by atoms with Crippen molar-refractivity contribution in [3.05, 3.63) is 23.9 Å². The summed E-state index contributed by atoms with van der Waals surface area (Å²) in [4.78, 5) is 17.6. The molecule has 0 saturated heterocycles. The van der Waals surface area contributed by atoms with Gasteiger partial charge in [-0.2, -0.15) is 0 Å². The third-order valence-electron chi connectivity index (χ3n) is 2.19. The summed E-state index contributed by atoms with van der Waals surface area (Å²) >= 11 is 0. The third-order valence-corrected chi connectivity index (χ3v) is 2.19. The summed E-state index contributed by atoms with van der Waals surface area (Å²) in [5.41, 5.74) is 0.381. The van der Waals surface area contributed by atoms with Crippen molar-refractivity contribution >= 4 is 11.7 Å². The lowest BCUT2D eigenvalue weighted by Crippen LogP contribution is -2.30. The predicted octanol–water partition coefficient (Wildman–Crippen LogP) is 0.966. The number of anilines is 1. The van der Waals surface area contributed by atoms with Crippen LogP contribution in [0.15, 0.2) is 18.2 Å². The van der Waals surface area contributed by atoms with Crippen LogP contribution in [0, 0.1) is 0 Å². The first-order valence-electron chi connectivity index (χ1n) is 5.64. The number of rotatable bonds is 5. The van der Waals surface area contributed by atoms with Crippen molar-refractivity contribution in [3.63, 3.8) is 0 Å². The van der Waals surface area contributed by atoms with Crippen LogP contribution in [0.2, 0.25) is 0 Å². The van der Waals surface area contributed by atoms with Crippen LogP contribution < -0.4 is 5.32 Å². The Morgan fingerprint density at radius 1 is 1.53 bits per heavy atom. The van der Waals surface area contributed by atoms with Gasteiger partial charge in [0.2, 0.25) is 0 Å². The van der Waals surface area contributed by atoms with E-state index < -0.39 is 0 Å². The van der Waals surface area contributed by atoms with E-state index in [0.717, 1.165) is 0 Å². The van der Waals surface area contributed by atoms with E-state index in [9.17, 15) is 4.79 Å². The first kappa shape index (κ1) is 13.4. The second kappa shape index (κ2) is 6.20. The Hall–Kier alpha value is -1.62. The van der Waals surface area contributed by atoms with E-state index in [-0.39, 0.29) is 18.6 Å².